The molecule has 4 nitrogen and oxygen atoms in total. The number of nitrogens with one attached hydrogen (secondary N) is 1. The van der Waals surface area contributed by atoms with Gasteiger partial charge in [0.25, 0.3) is 0 Å². The minimum atomic E-state index is -0.382. The van der Waals surface area contributed by atoms with Crippen LogP contribution in [0.15, 0.2) is 48.8 Å². The monoisotopic (exact) mass is 305 g/mol. The van der Waals surface area contributed by atoms with Gasteiger partial charge in [0.05, 0.1) is 11.8 Å². The molecule has 1 N–H and O–H groups in total. The summed E-state index contributed by atoms with van der Waals surface area (Å²) in [6.45, 7) is 4.13. The van der Waals surface area contributed by atoms with Crippen LogP contribution in [0.3, 0.4) is 0 Å². The predicted octanol–water partition coefficient (Wildman–Crippen LogP) is 3.37. The normalized spacial score (nSPS) is 27.1. The van der Waals surface area contributed by atoms with Crippen molar-refractivity contribution in [2.24, 2.45) is 0 Å². The summed E-state index contributed by atoms with van der Waals surface area (Å²) >= 11 is 0. The van der Waals surface area contributed by atoms with Crippen LogP contribution in [0.2, 0.25) is 0 Å². The maximum Gasteiger partial charge on any atom is 0.161 e. The molecule has 116 valence electrons. The molecule has 0 saturated carbocycles. The fourth-order valence-electron chi connectivity index (χ4n) is 4.13. The number of hydrogen-bond acceptors (Lipinski definition) is 3. The summed E-state index contributed by atoms with van der Waals surface area (Å²) in [5.41, 5.74) is 4.60. The number of para-hydroxylation sites is 1. The van der Waals surface area contributed by atoms with E-state index in [1.165, 1.54) is 22.2 Å². The SMILES string of the molecule is CC12OC(c3cccnc3)CN1CCc1c2[nH]c2ccccc12. The van der Waals surface area contributed by atoms with Crippen LogP contribution < -0.4 is 0 Å². The third kappa shape index (κ3) is 1.82. The summed E-state index contributed by atoms with van der Waals surface area (Å²) in [7, 11) is 0. The fourth-order valence-corrected chi connectivity index (χ4v) is 4.13. The quantitative estimate of drug-likeness (QED) is 0.749. The maximum absolute atomic E-state index is 6.55. The van der Waals surface area contributed by atoms with E-state index >= 15 is 0 Å². The lowest BCUT2D eigenvalue weighted by molar-refractivity contribution is -0.106. The molecule has 1 aromatic carbocycles. The number of H-pyrrole nitrogens is 1. The molecule has 2 atom stereocenters. The van der Waals surface area contributed by atoms with Crippen LogP contribution in [0.1, 0.15) is 29.8 Å². The number of nitrogens with zero attached hydrogens (tertiary/aromatic N) is 2. The van der Waals surface area contributed by atoms with E-state index < -0.39 is 0 Å². The lowest BCUT2D eigenvalue weighted by atomic mass is 9.96. The number of hydrogen-bond donors (Lipinski definition) is 1. The Hall–Kier alpha value is -2.17. The molecule has 2 unspecified atom stereocenters. The van der Waals surface area contributed by atoms with Crippen LogP contribution in [0.4, 0.5) is 0 Å². The first-order valence-corrected chi connectivity index (χ1v) is 8.18. The molecule has 4 heteroatoms. The first-order chi connectivity index (χ1) is 11.3. The second-order valence-electron chi connectivity index (χ2n) is 6.60. The molecule has 0 radical (unpaired) electrons. The van der Waals surface area contributed by atoms with Crippen LogP contribution in [0.5, 0.6) is 0 Å². The number of pyridine rings is 1. The summed E-state index contributed by atoms with van der Waals surface area (Å²) in [6.07, 6.45) is 4.87. The van der Waals surface area contributed by atoms with Gasteiger partial charge in [-0.3, -0.25) is 9.88 Å². The smallest absolute Gasteiger partial charge is 0.161 e. The van der Waals surface area contributed by atoms with Gasteiger partial charge in [0.15, 0.2) is 5.72 Å². The van der Waals surface area contributed by atoms with Gasteiger partial charge in [-0.15, -0.1) is 0 Å². The number of fused-ring (bicyclic) bond motifs is 5. The maximum atomic E-state index is 6.55. The fraction of sp³-hybridized carbons (Fsp3) is 0.316. The molecule has 2 aromatic heterocycles. The van der Waals surface area contributed by atoms with E-state index in [9.17, 15) is 0 Å². The molecule has 0 spiro atoms. The second-order valence-corrected chi connectivity index (χ2v) is 6.60. The molecule has 0 aliphatic carbocycles. The van der Waals surface area contributed by atoms with E-state index in [2.05, 4.69) is 52.1 Å². The molecular formula is C19H19N3O. The van der Waals surface area contributed by atoms with E-state index in [-0.39, 0.29) is 11.8 Å². The highest BCUT2D eigenvalue weighted by Gasteiger charge is 2.49. The molecule has 4 heterocycles. The van der Waals surface area contributed by atoms with Crippen LogP contribution in [0.25, 0.3) is 10.9 Å². The minimum absolute atomic E-state index is 0.0751. The highest BCUT2D eigenvalue weighted by atomic mass is 16.5. The van der Waals surface area contributed by atoms with E-state index in [4.69, 9.17) is 4.74 Å². The van der Waals surface area contributed by atoms with E-state index in [0.717, 1.165) is 25.1 Å². The van der Waals surface area contributed by atoms with Crippen molar-refractivity contribution in [3.8, 4) is 0 Å². The van der Waals surface area contributed by atoms with Crippen LogP contribution in [0, 0.1) is 0 Å². The number of ether oxygens (including phenoxy) is 1. The van der Waals surface area contributed by atoms with Crippen molar-refractivity contribution in [2.45, 2.75) is 25.2 Å². The van der Waals surface area contributed by atoms with Gasteiger partial charge in [0.2, 0.25) is 0 Å². The molecular weight excluding hydrogens is 286 g/mol. The summed E-state index contributed by atoms with van der Waals surface area (Å²) in [6, 6.07) is 12.6. The Bertz CT molecular complexity index is 873. The zero-order chi connectivity index (χ0) is 15.4. The molecule has 3 aromatic rings. The van der Waals surface area contributed by atoms with Crippen LogP contribution in [-0.2, 0) is 16.9 Å². The number of rotatable bonds is 1. The Kier molecular flexibility index (Phi) is 2.69. The molecule has 2 aliphatic rings. The number of benzene rings is 1. The van der Waals surface area contributed by atoms with Crippen molar-refractivity contribution in [1.29, 1.82) is 0 Å². The summed E-state index contributed by atoms with van der Waals surface area (Å²) in [5.74, 6) is 0. The van der Waals surface area contributed by atoms with Crippen molar-refractivity contribution >= 4 is 10.9 Å². The van der Waals surface area contributed by atoms with E-state index in [1.807, 2.05) is 18.5 Å². The first kappa shape index (κ1) is 13.3. The molecule has 0 bridgehead atoms. The largest absolute Gasteiger partial charge is 0.355 e. The van der Waals surface area contributed by atoms with Crippen molar-refractivity contribution in [3.05, 3.63) is 65.6 Å². The van der Waals surface area contributed by atoms with Gasteiger partial charge in [0.1, 0.15) is 0 Å². The molecule has 23 heavy (non-hydrogen) atoms. The van der Waals surface area contributed by atoms with Gasteiger partial charge in [-0.2, -0.15) is 0 Å². The Labute approximate surface area is 135 Å². The highest BCUT2D eigenvalue weighted by molar-refractivity contribution is 5.85. The predicted molar refractivity (Wildman–Crippen MR) is 89.0 cm³/mol. The van der Waals surface area contributed by atoms with Gasteiger partial charge < -0.3 is 9.72 Å². The summed E-state index contributed by atoms with van der Waals surface area (Å²) in [4.78, 5) is 10.3. The zero-order valence-corrected chi connectivity index (χ0v) is 13.1. The van der Waals surface area contributed by atoms with E-state index in [0.29, 0.717) is 0 Å². The van der Waals surface area contributed by atoms with Gasteiger partial charge in [-0.05, 0) is 31.0 Å². The second kappa shape index (κ2) is 4.66. The molecule has 5 rings (SSSR count). The first-order valence-electron chi connectivity index (χ1n) is 8.18. The highest BCUT2D eigenvalue weighted by Crippen LogP contribution is 2.47. The third-order valence-corrected chi connectivity index (χ3v) is 5.33. The van der Waals surface area contributed by atoms with Crippen LogP contribution >= 0.6 is 0 Å². The Morgan fingerprint density at radius 3 is 3.04 bits per heavy atom. The lowest BCUT2D eigenvalue weighted by Gasteiger charge is -2.37. The standard InChI is InChI=1S/C19H19N3O/c1-19-18-15(14-6-2-3-7-16(14)21-18)8-10-22(19)12-17(23-19)13-5-4-9-20-11-13/h2-7,9,11,17,21H,8,10,12H2,1H3. The van der Waals surface area contributed by atoms with Crippen LogP contribution in [-0.4, -0.2) is 28.0 Å². The average molecular weight is 305 g/mol. The van der Waals surface area contributed by atoms with Gasteiger partial charge in [0, 0.05) is 41.9 Å². The molecule has 2 aliphatic heterocycles. The van der Waals surface area contributed by atoms with Crippen molar-refractivity contribution in [3.63, 3.8) is 0 Å². The van der Waals surface area contributed by atoms with Gasteiger partial charge in [-0.1, -0.05) is 24.3 Å². The Balaban J connectivity index is 1.61. The Morgan fingerprint density at radius 1 is 1.26 bits per heavy atom. The minimum Gasteiger partial charge on any atom is -0.355 e. The Morgan fingerprint density at radius 2 is 2.17 bits per heavy atom. The van der Waals surface area contributed by atoms with E-state index in [1.54, 1.807) is 0 Å². The van der Waals surface area contributed by atoms with Crippen molar-refractivity contribution in [2.75, 3.05) is 13.1 Å². The molecule has 0 amide bonds. The lowest BCUT2D eigenvalue weighted by Crippen LogP contribution is -2.44. The molecule has 1 fully saturated rings. The summed E-state index contributed by atoms with van der Waals surface area (Å²) < 4.78 is 6.55. The third-order valence-electron chi connectivity index (χ3n) is 5.33. The zero-order valence-electron chi connectivity index (χ0n) is 13.1. The molecule has 1 saturated heterocycles. The topological polar surface area (TPSA) is 41.1 Å². The average Bonchev–Trinajstić information content (AvgIpc) is 3.14. The van der Waals surface area contributed by atoms with Gasteiger partial charge >= 0.3 is 0 Å². The number of aromatic amines is 1. The summed E-state index contributed by atoms with van der Waals surface area (Å²) in [5, 5.41) is 1.33. The van der Waals surface area contributed by atoms with Crippen molar-refractivity contribution < 1.29 is 4.74 Å². The van der Waals surface area contributed by atoms with Gasteiger partial charge in [-0.25, -0.2) is 0 Å². The van der Waals surface area contributed by atoms with Crippen molar-refractivity contribution in [1.82, 2.24) is 14.9 Å². The number of aromatic nitrogens is 2.